The van der Waals surface area contributed by atoms with E-state index in [9.17, 15) is 4.79 Å². The highest BCUT2D eigenvalue weighted by molar-refractivity contribution is 5.92. The number of fused-ring (bicyclic) bond motifs is 1. The number of carbonyl (C=O) groups excluding carboxylic acids is 1. The lowest BCUT2D eigenvalue weighted by Gasteiger charge is -2.06. The summed E-state index contributed by atoms with van der Waals surface area (Å²) in [6.45, 7) is 0.179. The Balaban J connectivity index is 2.06. The first-order valence-corrected chi connectivity index (χ1v) is 4.76. The Morgan fingerprint density at radius 3 is 3.25 bits per heavy atom. The lowest BCUT2D eigenvalue weighted by atomic mass is 10.2. The number of carbonyl (C=O) groups is 1. The molecule has 0 radical (unpaired) electrons. The number of aromatic amines is 1. The maximum absolute atomic E-state index is 11.3. The number of aromatic nitrogens is 2. The molecule has 0 spiro atoms. The summed E-state index contributed by atoms with van der Waals surface area (Å²) in [7, 11) is 1.51. The van der Waals surface area contributed by atoms with Gasteiger partial charge in [0.25, 0.3) is 0 Å². The zero-order chi connectivity index (χ0) is 11.4. The number of urea groups is 1. The van der Waals surface area contributed by atoms with Crippen LogP contribution in [0.2, 0.25) is 0 Å². The van der Waals surface area contributed by atoms with Crippen molar-refractivity contribution in [3.63, 3.8) is 0 Å². The maximum Gasteiger partial charge on any atom is 0.321 e. The first kappa shape index (κ1) is 10.4. The summed E-state index contributed by atoms with van der Waals surface area (Å²) in [5, 5.41) is 12.9. The standard InChI is InChI=1S/C10H12N4O2/c1-16-6-11-10(15)13-8-3-2-7-5-12-14-9(7)4-8/h2-5H,6H2,1H3,(H,12,14)(H2,11,13,15). The van der Waals surface area contributed by atoms with Crippen LogP contribution in [-0.2, 0) is 4.74 Å². The average molecular weight is 220 g/mol. The fourth-order valence-corrected chi connectivity index (χ4v) is 1.33. The molecular weight excluding hydrogens is 208 g/mol. The van der Waals surface area contributed by atoms with Crippen molar-refractivity contribution in [2.45, 2.75) is 0 Å². The monoisotopic (exact) mass is 220 g/mol. The van der Waals surface area contributed by atoms with Gasteiger partial charge in [0.15, 0.2) is 0 Å². The second-order valence-corrected chi connectivity index (χ2v) is 3.24. The molecule has 0 saturated heterocycles. The molecule has 0 fully saturated rings. The van der Waals surface area contributed by atoms with Crippen molar-refractivity contribution in [3.05, 3.63) is 24.4 Å². The summed E-state index contributed by atoms with van der Waals surface area (Å²) in [5.74, 6) is 0. The Morgan fingerprint density at radius 2 is 2.44 bits per heavy atom. The molecule has 16 heavy (non-hydrogen) atoms. The van der Waals surface area contributed by atoms with Gasteiger partial charge in [-0.05, 0) is 18.2 Å². The minimum atomic E-state index is -0.305. The molecule has 0 aliphatic carbocycles. The summed E-state index contributed by atoms with van der Waals surface area (Å²) in [6.07, 6.45) is 1.73. The predicted octanol–water partition coefficient (Wildman–Crippen LogP) is 1.29. The smallest absolute Gasteiger partial charge is 0.321 e. The SMILES string of the molecule is COCNC(=O)Nc1ccc2cn[nH]c2c1. The van der Waals surface area contributed by atoms with E-state index in [1.54, 1.807) is 6.20 Å². The van der Waals surface area contributed by atoms with Gasteiger partial charge in [0.05, 0.1) is 11.7 Å². The molecule has 2 rings (SSSR count). The highest BCUT2D eigenvalue weighted by Crippen LogP contribution is 2.16. The van der Waals surface area contributed by atoms with Gasteiger partial charge in [-0.1, -0.05) is 0 Å². The van der Waals surface area contributed by atoms with Crippen molar-refractivity contribution < 1.29 is 9.53 Å². The second kappa shape index (κ2) is 4.63. The molecule has 3 N–H and O–H groups in total. The summed E-state index contributed by atoms with van der Waals surface area (Å²) in [4.78, 5) is 11.3. The van der Waals surface area contributed by atoms with E-state index >= 15 is 0 Å². The van der Waals surface area contributed by atoms with Crippen LogP contribution in [0.15, 0.2) is 24.4 Å². The first-order chi connectivity index (χ1) is 7.79. The number of rotatable bonds is 3. The molecule has 0 saturated carbocycles. The zero-order valence-electron chi connectivity index (χ0n) is 8.78. The van der Waals surface area contributed by atoms with Gasteiger partial charge in [-0.3, -0.25) is 5.10 Å². The molecule has 0 atom stereocenters. The zero-order valence-corrected chi connectivity index (χ0v) is 8.78. The summed E-state index contributed by atoms with van der Waals surface area (Å²) in [6, 6.07) is 5.20. The highest BCUT2D eigenvalue weighted by atomic mass is 16.5. The van der Waals surface area contributed by atoms with Gasteiger partial charge in [0.2, 0.25) is 0 Å². The Morgan fingerprint density at radius 1 is 1.56 bits per heavy atom. The number of ether oxygens (including phenoxy) is 1. The minimum absolute atomic E-state index is 0.179. The Hall–Kier alpha value is -2.08. The largest absolute Gasteiger partial charge is 0.364 e. The van der Waals surface area contributed by atoms with E-state index < -0.39 is 0 Å². The van der Waals surface area contributed by atoms with Crippen molar-refractivity contribution in [3.8, 4) is 0 Å². The summed E-state index contributed by atoms with van der Waals surface area (Å²) < 4.78 is 4.72. The van der Waals surface area contributed by atoms with Crippen LogP contribution in [0.5, 0.6) is 0 Å². The van der Waals surface area contributed by atoms with E-state index in [0.29, 0.717) is 5.69 Å². The van der Waals surface area contributed by atoms with Crippen LogP contribution in [0.25, 0.3) is 10.9 Å². The molecule has 0 aliphatic heterocycles. The molecule has 1 aromatic heterocycles. The van der Waals surface area contributed by atoms with Crippen LogP contribution in [0.3, 0.4) is 0 Å². The van der Waals surface area contributed by atoms with Crippen molar-refractivity contribution in [1.82, 2.24) is 15.5 Å². The van der Waals surface area contributed by atoms with E-state index in [4.69, 9.17) is 4.74 Å². The van der Waals surface area contributed by atoms with Crippen molar-refractivity contribution >= 4 is 22.6 Å². The number of hydrogen-bond donors (Lipinski definition) is 3. The van der Waals surface area contributed by atoms with Crippen LogP contribution in [-0.4, -0.2) is 30.1 Å². The summed E-state index contributed by atoms with van der Waals surface area (Å²) in [5.41, 5.74) is 1.58. The topological polar surface area (TPSA) is 79.0 Å². The van der Waals surface area contributed by atoms with Crippen molar-refractivity contribution in [2.24, 2.45) is 0 Å². The van der Waals surface area contributed by atoms with Crippen LogP contribution in [0, 0.1) is 0 Å². The summed E-state index contributed by atoms with van der Waals surface area (Å²) >= 11 is 0. The Labute approximate surface area is 92.0 Å². The number of benzene rings is 1. The minimum Gasteiger partial charge on any atom is -0.364 e. The normalized spacial score (nSPS) is 10.3. The molecule has 0 bridgehead atoms. The predicted molar refractivity (Wildman–Crippen MR) is 60.1 cm³/mol. The lowest BCUT2D eigenvalue weighted by molar-refractivity contribution is 0.177. The molecule has 84 valence electrons. The highest BCUT2D eigenvalue weighted by Gasteiger charge is 2.02. The Bertz CT molecular complexity index is 494. The number of hydrogen-bond acceptors (Lipinski definition) is 3. The van der Waals surface area contributed by atoms with Gasteiger partial charge < -0.3 is 15.4 Å². The van der Waals surface area contributed by atoms with Crippen molar-refractivity contribution in [2.75, 3.05) is 19.2 Å². The molecule has 2 amide bonds. The third kappa shape index (κ3) is 2.29. The van der Waals surface area contributed by atoms with Crippen LogP contribution in [0.4, 0.5) is 10.5 Å². The molecule has 6 nitrogen and oxygen atoms in total. The fourth-order valence-electron chi connectivity index (χ4n) is 1.33. The van der Waals surface area contributed by atoms with Gasteiger partial charge >= 0.3 is 6.03 Å². The van der Waals surface area contributed by atoms with Gasteiger partial charge in [-0.2, -0.15) is 5.10 Å². The quantitative estimate of drug-likeness (QED) is 0.682. The van der Waals surface area contributed by atoms with Crippen LogP contribution in [0.1, 0.15) is 0 Å². The third-order valence-electron chi connectivity index (χ3n) is 2.08. The molecule has 1 aromatic carbocycles. The average Bonchev–Trinajstić information content (AvgIpc) is 2.73. The molecule has 0 aliphatic rings. The number of anilines is 1. The molecule has 6 heteroatoms. The lowest BCUT2D eigenvalue weighted by Crippen LogP contribution is -2.30. The number of nitrogens with one attached hydrogen (secondary N) is 3. The Kier molecular flexibility index (Phi) is 3.02. The van der Waals surface area contributed by atoms with E-state index in [-0.39, 0.29) is 12.8 Å². The van der Waals surface area contributed by atoms with Gasteiger partial charge in [0, 0.05) is 18.2 Å². The number of amides is 2. The van der Waals surface area contributed by atoms with Gasteiger partial charge in [-0.25, -0.2) is 4.79 Å². The van der Waals surface area contributed by atoms with Crippen molar-refractivity contribution in [1.29, 1.82) is 0 Å². The third-order valence-corrected chi connectivity index (χ3v) is 2.08. The maximum atomic E-state index is 11.3. The van der Waals surface area contributed by atoms with E-state index in [1.807, 2.05) is 18.2 Å². The molecule has 0 unspecified atom stereocenters. The number of H-pyrrole nitrogens is 1. The molecular formula is C10H12N4O2. The second-order valence-electron chi connectivity index (χ2n) is 3.24. The van der Waals surface area contributed by atoms with E-state index in [1.165, 1.54) is 7.11 Å². The number of nitrogens with zero attached hydrogens (tertiary/aromatic N) is 1. The molecule has 2 aromatic rings. The van der Waals surface area contributed by atoms with Gasteiger partial charge in [0.1, 0.15) is 6.73 Å². The fraction of sp³-hybridized carbons (Fsp3) is 0.200. The first-order valence-electron chi connectivity index (χ1n) is 4.76. The number of methoxy groups -OCH3 is 1. The van der Waals surface area contributed by atoms with Gasteiger partial charge in [-0.15, -0.1) is 0 Å². The van der Waals surface area contributed by atoms with E-state index in [2.05, 4.69) is 20.8 Å². The van der Waals surface area contributed by atoms with E-state index in [0.717, 1.165) is 10.9 Å². The molecule has 1 heterocycles. The van der Waals surface area contributed by atoms with Crippen LogP contribution >= 0.6 is 0 Å². The van der Waals surface area contributed by atoms with Crippen LogP contribution < -0.4 is 10.6 Å².